The lowest BCUT2D eigenvalue weighted by molar-refractivity contribution is 0.0698. The van der Waals surface area contributed by atoms with Crippen LogP contribution in [0.1, 0.15) is 29.0 Å². The summed E-state index contributed by atoms with van der Waals surface area (Å²) in [6.45, 7) is 6.06. The van der Waals surface area contributed by atoms with Gasteiger partial charge in [0.2, 0.25) is 0 Å². The van der Waals surface area contributed by atoms with Crippen molar-refractivity contribution in [3.63, 3.8) is 0 Å². The Morgan fingerprint density at radius 3 is 2.91 bits per heavy atom. The SMILES string of the molecule is Cc1c(Nc2cnccc2C(=O)O)cnn1[C@@H]1CNC[C@H]1C. The molecule has 0 bridgehead atoms. The smallest absolute Gasteiger partial charge is 0.337 e. The summed E-state index contributed by atoms with van der Waals surface area (Å²) in [5, 5.41) is 20.2. The van der Waals surface area contributed by atoms with E-state index in [-0.39, 0.29) is 5.56 Å². The minimum Gasteiger partial charge on any atom is -0.478 e. The van der Waals surface area contributed by atoms with E-state index >= 15 is 0 Å². The molecular formula is C15H19N5O2. The Bertz CT molecular complexity index is 697. The average Bonchev–Trinajstić information content (AvgIpc) is 3.06. The molecule has 0 aromatic carbocycles. The Labute approximate surface area is 128 Å². The van der Waals surface area contributed by atoms with Crippen molar-refractivity contribution >= 4 is 17.3 Å². The van der Waals surface area contributed by atoms with Gasteiger partial charge in [-0.1, -0.05) is 6.92 Å². The second kappa shape index (κ2) is 5.76. The summed E-state index contributed by atoms with van der Waals surface area (Å²) in [5.74, 6) is -0.469. The van der Waals surface area contributed by atoms with Gasteiger partial charge in [0.15, 0.2) is 0 Å². The number of hydrogen-bond acceptors (Lipinski definition) is 5. The van der Waals surface area contributed by atoms with E-state index in [1.165, 1.54) is 18.5 Å². The van der Waals surface area contributed by atoms with Crippen LogP contribution in [0.25, 0.3) is 0 Å². The molecule has 22 heavy (non-hydrogen) atoms. The van der Waals surface area contributed by atoms with Gasteiger partial charge in [0.1, 0.15) is 0 Å². The van der Waals surface area contributed by atoms with Gasteiger partial charge < -0.3 is 15.7 Å². The number of carboxylic acids is 1. The zero-order valence-electron chi connectivity index (χ0n) is 12.6. The summed E-state index contributed by atoms with van der Waals surface area (Å²) in [7, 11) is 0. The van der Waals surface area contributed by atoms with Crippen LogP contribution in [-0.2, 0) is 0 Å². The number of anilines is 2. The second-order valence-electron chi connectivity index (χ2n) is 5.64. The number of carbonyl (C=O) groups is 1. The third-order valence-electron chi connectivity index (χ3n) is 4.16. The van der Waals surface area contributed by atoms with Gasteiger partial charge in [-0.25, -0.2) is 4.79 Å². The number of aromatic nitrogens is 3. The lowest BCUT2D eigenvalue weighted by Gasteiger charge is -2.17. The zero-order chi connectivity index (χ0) is 15.7. The molecule has 0 spiro atoms. The van der Waals surface area contributed by atoms with E-state index in [4.69, 9.17) is 0 Å². The van der Waals surface area contributed by atoms with Crippen LogP contribution >= 0.6 is 0 Å². The van der Waals surface area contributed by atoms with E-state index in [1.54, 1.807) is 6.20 Å². The van der Waals surface area contributed by atoms with Gasteiger partial charge in [0, 0.05) is 12.7 Å². The highest BCUT2D eigenvalue weighted by Crippen LogP contribution is 2.28. The summed E-state index contributed by atoms with van der Waals surface area (Å²) in [4.78, 5) is 15.2. The molecule has 0 radical (unpaired) electrons. The molecule has 0 aliphatic carbocycles. The van der Waals surface area contributed by atoms with E-state index < -0.39 is 5.97 Å². The molecule has 7 heteroatoms. The third-order valence-corrected chi connectivity index (χ3v) is 4.16. The maximum Gasteiger partial charge on any atom is 0.337 e. The van der Waals surface area contributed by atoms with Gasteiger partial charge in [-0.3, -0.25) is 9.67 Å². The number of nitrogens with one attached hydrogen (secondary N) is 2. The monoisotopic (exact) mass is 301 g/mol. The fourth-order valence-electron chi connectivity index (χ4n) is 2.83. The van der Waals surface area contributed by atoms with Crippen molar-refractivity contribution in [1.82, 2.24) is 20.1 Å². The zero-order valence-corrected chi connectivity index (χ0v) is 12.6. The lowest BCUT2D eigenvalue weighted by atomic mass is 10.1. The van der Waals surface area contributed by atoms with Crippen LogP contribution in [0, 0.1) is 12.8 Å². The van der Waals surface area contributed by atoms with Crippen molar-refractivity contribution in [1.29, 1.82) is 0 Å². The van der Waals surface area contributed by atoms with Crippen LogP contribution < -0.4 is 10.6 Å². The molecule has 116 valence electrons. The highest BCUT2D eigenvalue weighted by atomic mass is 16.4. The minimum absolute atomic E-state index is 0.193. The van der Waals surface area contributed by atoms with Gasteiger partial charge >= 0.3 is 5.97 Å². The topological polar surface area (TPSA) is 92.1 Å². The Balaban J connectivity index is 1.88. The van der Waals surface area contributed by atoms with Crippen LogP contribution in [0.4, 0.5) is 11.4 Å². The molecule has 7 nitrogen and oxygen atoms in total. The molecular weight excluding hydrogens is 282 g/mol. The summed E-state index contributed by atoms with van der Waals surface area (Å²) in [5.41, 5.74) is 2.45. The van der Waals surface area contributed by atoms with E-state index in [2.05, 4.69) is 27.6 Å². The van der Waals surface area contributed by atoms with Crippen molar-refractivity contribution in [3.8, 4) is 0 Å². The Morgan fingerprint density at radius 1 is 1.41 bits per heavy atom. The number of carboxylic acid groups (broad SMARTS) is 1. The largest absolute Gasteiger partial charge is 0.478 e. The van der Waals surface area contributed by atoms with Gasteiger partial charge in [0.25, 0.3) is 0 Å². The molecule has 2 aromatic rings. The van der Waals surface area contributed by atoms with Crippen LogP contribution in [0.5, 0.6) is 0 Å². The number of aromatic carboxylic acids is 1. The van der Waals surface area contributed by atoms with Crippen LogP contribution in [0.2, 0.25) is 0 Å². The molecule has 1 aliphatic rings. The van der Waals surface area contributed by atoms with Gasteiger partial charge in [-0.15, -0.1) is 0 Å². The predicted molar refractivity (Wildman–Crippen MR) is 82.5 cm³/mol. The number of hydrogen-bond donors (Lipinski definition) is 3. The van der Waals surface area contributed by atoms with E-state index in [0.29, 0.717) is 17.6 Å². The average molecular weight is 301 g/mol. The van der Waals surface area contributed by atoms with Crippen LogP contribution in [0.15, 0.2) is 24.7 Å². The first-order chi connectivity index (χ1) is 10.6. The van der Waals surface area contributed by atoms with E-state index in [1.807, 2.05) is 11.6 Å². The second-order valence-corrected chi connectivity index (χ2v) is 5.64. The van der Waals surface area contributed by atoms with E-state index in [9.17, 15) is 9.90 Å². The molecule has 3 heterocycles. The molecule has 2 aromatic heterocycles. The quantitative estimate of drug-likeness (QED) is 0.797. The highest BCUT2D eigenvalue weighted by Gasteiger charge is 2.27. The molecule has 0 saturated carbocycles. The highest BCUT2D eigenvalue weighted by molar-refractivity contribution is 5.94. The Morgan fingerprint density at radius 2 is 2.23 bits per heavy atom. The standard InChI is InChI=1S/C15H19N5O2/c1-9-5-17-8-14(9)20-10(2)12(7-18-20)19-13-6-16-4-3-11(13)15(21)22/h3-4,6-7,9,14,17,19H,5,8H2,1-2H3,(H,21,22)/t9-,14-/m1/s1. The molecule has 0 unspecified atom stereocenters. The van der Waals surface area contributed by atoms with Crippen LogP contribution in [0.3, 0.4) is 0 Å². The van der Waals surface area contributed by atoms with Crippen molar-refractivity contribution < 1.29 is 9.90 Å². The Hall–Kier alpha value is -2.41. The molecule has 3 rings (SSSR count). The molecule has 3 N–H and O–H groups in total. The normalized spacial score (nSPS) is 21.0. The fourth-order valence-corrected chi connectivity index (χ4v) is 2.83. The first-order valence-corrected chi connectivity index (χ1v) is 7.27. The summed E-state index contributed by atoms with van der Waals surface area (Å²) in [6.07, 6.45) is 4.72. The Kier molecular flexibility index (Phi) is 3.81. The molecule has 1 aliphatic heterocycles. The van der Waals surface area contributed by atoms with Crippen molar-refractivity contribution in [2.75, 3.05) is 18.4 Å². The van der Waals surface area contributed by atoms with Crippen molar-refractivity contribution in [3.05, 3.63) is 35.9 Å². The van der Waals surface area contributed by atoms with E-state index in [0.717, 1.165) is 24.5 Å². The molecule has 2 atom stereocenters. The van der Waals surface area contributed by atoms with Gasteiger partial charge in [0.05, 0.1) is 41.1 Å². The first kappa shape index (κ1) is 14.5. The number of pyridine rings is 1. The lowest BCUT2D eigenvalue weighted by Crippen LogP contribution is -2.18. The maximum absolute atomic E-state index is 11.3. The van der Waals surface area contributed by atoms with Crippen molar-refractivity contribution in [2.45, 2.75) is 19.9 Å². The maximum atomic E-state index is 11.3. The molecule has 0 amide bonds. The number of nitrogens with zero attached hydrogens (tertiary/aromatic N) is 3. The van der Waals surface area contributed by atoms with Crippen LogP contribution in [-0.4, -0.2) is 38.9 Å². The summed E-state index contributed by atoms with van der Waals surface area (Å²) < 4.78 is 2.00. The first-order valence-electron chi connectivity index (χ1n) is 7.27. The number of rotatable bonds is 4. The summed E-state index contributed by atoms with van der Waals surface area (Å²) >= 11 is 0. The third kappa shape index (κ3) is 2.55. The van der Waals surface area contributed by atoms with Crippen molar-refractivity contribution in [2.24, 2.45) is 5.92 Å². The minimum atomic E-state index is -0.983. The summed E-state index contributed by atoms with van der Waals surface area (Å²) in [6, 6.07) is 1.80. The molecule has 1 saturated heterocycles. The van der Waals surface area contributed by atoms with Gasteiger partial charge in [-0.2, -0.15) is 5.10 Å². The molecule has 1 fully saturated rings. The predicted octanol–water partition coefficient (Wildman–Crippen LogP) is 1.81. The van der Waals surface area contributed by atoms with Gasteiger partial charge in [-0.05, 0) is 25.5 Å². The fraction of sp³-hybridized carbons (Fsp3) is 0.400.